The minimum Gasteiger partial charge on any atom is -0.431 e. The Morgan fingerprint density at radius 1 is 1.09 bits per heavy atom. The molecule has 3 aliphatic heterocycles. The second kappa shape index (κ2) is 7.50. The fourth-order valence-electron chi connectivity index (χ4n) is 6.25. The number of halogens is 2. The number of aryl methyl sites for hydroxylation is 1. The number of ether oxygens (including phenoxy) is 1. The van der Waals surface area contributed by atoms with Crippen molar-refractivity contribution in [1.82, 2.24) is 24.5 Å². The lowest BCUT2D eigenvalue weighted by molar-refractivity contribution is -0.0494. The number of aromatic nitrogens is 5. The van der Waals surface area contributed by atoms with Gasteiger partial charge in [0, 0.05) is 62.8 Å². The molecule has 11 heteroatoms. The van der Waals surface area contributed by atoms with E-state index in [0.29, 0.717) is 41.0 Å². The van der Waals surface area contributed by atoms with Crippen LogP contribution >= 0.6 is 0 Å². The second-order valence-electron chi connectivity index (χ2n) is 10.2. The number of nitrogen functional groups attached to an aromatic ring is 1. The average Bonchev–Trinajstić information content (AvgIpc) is 3.35. The monoisotopic (exact) mass is 480 g/mol. The first-order valence-electron chi connectivity index (χ1n) is 12.0. The number of rotatable bonds is 6. The molecule has 0 amide bonds. The Morgan fingerprint density at radius 3 is 2.54 bits per heavy atom. The number of piperidine rings is 1. The fourth-order valence-corrected chi connectivity index (χ4v) is 6.25. The maximum atomic E-state index is 12.9. The summed E-state index contributed by atoms with van der Waals surface area (Å²) < 4.78 is 32.4. The Labute approximate surface area is 201 Å². The molecule has 2 aliphatic carbocycles. The summed E-state index contributed by atoms with van der Waals surface area (Å²) in [5, 5.41) is 0. The van der Waals surface area contributed by atoms with Gasteiger partial charge in [0.2, 0.25) is 11.9 Å². The number of alkyl halides is 2. The van der Waals surface area contributed by atoms with Crippen molar-refractivity contribution in [2.24, 2.45) is 24.8 Å². The summed E-state index contributed by atoms with van der Waals surface area (Å²) in [6.45, 7) is -0.120. The van der Waals surface area contributed by atoms with Gasteiger partial charge in [0.25, 0.3) is 0 Å². The van der Waals surface area contributed by atoms with Gasteiger partial charge < -0.3 is 24.8 Å². The van der Waals surface area contributed by atoms with Crippen LogP contribution in [-0.2, 0) is 7.05 Å². The van der Waals surface area contributed by atoms with Gasteiger partial charge in [-0.3, -0.25) is 0 Å². The molecule has 5 aliphatic rings. The Bertz CT molecular complexity index is 1280. The van der Waals surface area contributed by atoms with E-state index >= 15 is 0 Å². The number of nitrogens with zero attached hydrogens (tertiary/aromatic N) is 7. The molecule has 5 fully saturated rings. The third kappa shape index (κ3) is 3.39. The molecular formula is C24H26F2N8O. The zero-order valence-corrected chi connectivity index (χ0v) is 19.3. The maximum absolute atomic E-state index is 12.9. The third-order valence-electron chi connectivity index (χ3n) is 8.11. The summed E-state index contributed by atoms with van der Waals surface area (Å²) in [6.07, 6.45) is 7.73. The molecule has 2 saturated carbocycles. The summed E-state index contributed by atoms with van der Waals surface area (Å²) in [5.41, 5.74) is 8.02. The SMILES string of the molecule is Cn1ccnc1N1C[C@@H]2C(c3cc(-c4cnc(N)c(OC(F)F)c4)nc(N4CC5CC4C5)n3)[C@@H]2C1. The molecule has 1 unspecified atom stereocenters. The highest BCUT2D eigenvalue weighted by Gasteiger charge is 2.58. The molecule has 2 N–H and O–H groups in total. The Hall–Kier alpha value is -3.50. The van der Waals surface area contributed by atoms with Crippen LogP contribution in [0.3, 0.4) is 0 Å². The molecule has 3 saturated heterocycles. The molecule has 0 radical (unpaired) electrons. The van der Waals surface area contributed by atoms with Crippen molar-refractivity contribution in [3.8, 4) is 17.0 Å². The summed E-state index contributed by atoms with van der Waals surface area (Å²) in [4.78, 5) is 23.1. The van der Waals surface area contributed by atoms with Crippen molar-refractivity contribution in [3.05, 3.63) is 36.4 Å². The van der Waals surface area contributed by atoms with Gasteiger partial charge in [0.05, 0.1) is 11.4 Å². The quantitative estimate of drug-likeness (QED) is 0.575. The van der Waals surface area contributed by atoms with Crippen molar-refractivity contribution >= 4 is 17.7 Å². The normalized spacial score (nSPS) is 28.4. The van der Waals surface area contributed by atoms with Crippen LogP contribution in [0.2, 0.25) is 0 Å². The summed E-state index contributed by atoms with van der Waals surface area (Å²) >= 11 is 0. The third-order valence-corrected chi connectivity index (χ3v) is 8.11. The van der Waals surface area contributed by atoms with Crippen LogP contribution in [0, 0.1) is 17.8 Å². The Morgan fingerprint density at radius 2 is 1.89 bits per heavy atom. The highest BCUT2D eigenvalue weighted by Crippen LogP contribution is 2.58. The zero-order chi connectivity index (χ0) is 23.8. The second-order valence-corrected chi connectivity index (χ2v) is 10.2. The largest absolute Gasteiger partial charge is 0.431 e. The summed E-state index contributed by atoms with van der Waals surface area (Å²) in [6, 6.07) is 3.96. The van der Waals surface area contributed by atoms with E-state index in [-0.39, 0.29) is 11.6 Å². The lowest BCUT2D eigenvalue weighted by Gasteiger charge is -2.26. The first-order valence-corrected chi connectivity index (χ1v) is 12.0. The van der Waals surface area contributed by atoms with Gasteiger partial charge in [-0.1, -0.05) is 0 Å². The molecule has 6 heterocycles. The fraction of sp³-hybridized carbons (Fsp3) is 0.500. The van der Waals surface area contributed by atoms with Gasteiger partial charge in [0.15, 0.2) is 11.6 Å². The van der Waals surface area contributed by atoms with Gasteiger partial charge in [-0.15, -0.1) is 0 Å². The van der Waals surface area contributed by atoms with E-state index in [9.17, 15) is 8.78 Å². The van der Waals surface area contributed by atoms with Crippen molar-refractivity contribution < 1.29 is 13.5 Å². The van der Waals surface area contributed by atoms with Crippen LogP contribution in [0.25, 0.3) is 11.3 Å². The predicted octanol–water partition coefficient (Wildman–Crippen LogP) is 2.90. The Balaban J connectivity index is 1.21. The van der Waals surface area contributed by atoms with E-state index in [4.69, 9.17) is 15.7 Å². The van der Waals surface area contributed by atoms with E-state index in [1.807, 2.05) is 30.1 Å². The number of imidazole rings is 1. The van der Waals surface area contributed by atoms with Crippen molar-refractivity contribution in [3.63, 3.8) is 0 Å². The number of hydrogen-bond donors (Lipinski definition) is 1. The van der Waals surface area contributed by atoms with Gasteiger partial charge in [0.1, 0.15) is 0 Å². The molecule has 182 valence electrons. The van der Waals surface area contributed by atoms with Gasteiger partial charge in [-0.05, 0) is 42.7 Å². The van der Waals surface area contributed by atoms with E-state index in [1.54, 1.807) is 6.20 Å². The van der Waals surface area contributed by atoms with Crippen LogP contribution in [-0.4, -0.2) is 56.8 Å². The van der Waals surface area contributed by atoms with Crippen LogP contribution in [0.5, 0.6) is 5.75 Å². The van der Waals surface area contributed by atoms with E-state index in [1.165, 1.54) is 18.9 Å². The van der Waals surface area contributed by atoms with Crippen LogP contribution in [0.4, 0.5) is 26.5 Å². The van der Waals surface area contributed by atoms with Crippen molar-refractivity contribution in [2.45, 2.75) is 31.4 Å². The van der Waals surface area contributed by atoms with E-state index in [2.05, 4.69) is 24.5 Å². The average molecular weight is 481 g/mol. The molecular weight excluding hydrogens is 454 g/mol. The molecule has 35 heavy (non-hydrogen) atoms. The van der Waals surface area contributed by atoms with Crippen LogP contribution in [0.15, 0.2) is 30.7 Å². The van der Waals surface area contributed by atoms with Gasteiger partial charge >= 0.3 is 6.61 Å². The van der Waals surface area contributed by atoms with Crippen molar-refractivity contribution in [1.29, 1.82) is 0 Å². The topological polar surface area (TPSA) is 98.2 Å². The summed E-state index contributed by atoms with van der Waals surface area (Å²) in [5.74, 6) is 3.59. The number of fused-ring (bicyclic) bond motifs is 2. The molecule has 2 bridgehead atoms. The molecule has 9 nitrogen and oxygen atoms in total. The number of hydrogen-bond acceptors (Lipinski definition) is 8. The van der Waals surface area contributed by atoms with Crippen molar-refractivity contribution in [2.75, 3.05) is 35.2 Å². The van der Waals surface area contributed by atoms with Crippen LogP contribution < -0.4 is 20.3 Å². The molecule has 3 atom stereocenters. The smallest absolute Gasteiger partial charge is 0.387 e. The first kappa shape index (κ1) is 20.8. The van der Waals surface area contributed by atoms with Gasteiger partial charge in [-0.25, -0.2) is 19.9 Å². The maximum Gasteiger partial charge on any atom is 0.387 e. The van der Waals surface area contributed by atoms with E-state index < -0.39 is 6.61 Å². The zero-order valence-electron chi connectivity index (χ0n) is 19.3. The molecule has 3 aromatic rings. The minimum atomic E-state index is -2.98. The molecule has 0 spiro atoms. The highest BCUT2D eigenvalue weighted by molar-refractivity contribution is 5.66. The molecule has 8 rings (SSSR count). The standard InChI is InChI=1S/C24H26F2N8O/c1-32-3-2-28-24(32)33-10-15-16(11-33)20(15)18-7-17(13-6-19(35-22(25)26)21(27)29-8-13)30-23(31-18)34-9-12-4-14(34)5-12/h2-3,6-8,12,14-16,20,22H,4-5,9-11H2,1H3,(H2,27,29)/t12?,14?,15-,16+,20?. The number of nitrogens with two attached hydrogens (primary N) is 1. The Kier molecular flexibility index (Phi) is 4.46. The minimum absolute atomic E-state index is 0.0741. The first-order chi connectivity index (χ1) is 16.9. The molecule has 0 aromatic carbocycles. The van der Waals surface area contributed by atoms with Crippen LogP contribution in [0.1, 0.15) is 24.5 Å². The van der Waals surface area contributed by atoms with Gasteiger partial charge in [-0.2, -0.15) is 8.78 Å². The lowest BCUT2D eigenvalue weighted by Crippen LogP contribution is -2.30. The van der Waals surface area contributed by atoms with E-state index in [0.717, 1.165) is 37.2 Å². The number of pyridine rings is 1. The highest BCUT2D eigenvalue weighted by atomic mass is 19.3. The lowest BCUT2D eigenvalue weighted by atomic mass is 9.86. The summed E-state index contributed by atoms with van der Waals surface area (Å²) in [7, 11) is 2.01. The predicted molar refractivity (Wildman–Crippen MR) is 125 cm³/mol. The molecule has 3 aromatic heterocycles. The number of anilines is 3.